The maximum atomic E-state index is 12.1. The summed E-state index contributed by atoms with van der Waals surface area (Å²) >= 11 is 1.25. The smallest absolute Gasteiger partial charge is 0.267 e. The second-order valence-electron chi connectivity index (χ2n) is 4.05. The molecule has 96 valence electrons. The first kappa shape index (κ1) is 13.7. The summed E-state index contributed by atoms with van der Waals surface area (Å²) in [5.41, 5.74) is 5.72. The van der Waals surface area contributed by atoms with Crippen LogP contribution in [0.2, 0.25) is 0 Å². The summed E-state index contributed by atoms with van der Waals surface area (Å²) in [4.78, 5) is 19.9. The first-order valence-corrected chi connectivity index (χ1v) is 6.01. The van der Waals surface area contributed by atoms with Crippen LogP contribution < -0.4 is 10.6 Å². The molecule has 17 heavy (non-hydrogen) atoms. The minimum absolute atomic E-state index is 0.0819. The highest BCUT2D eigenvalue weighted by atomic mass is 32.1. The van der Waals surface area contributed by atoms with Crippen molar-refractivity contribution in [1.29, 1.82) is 0 Å². The van der Waals surface area contributed by atoms with Crippen molar-refractivity contribution < 1.29 is 9.90 Å². The molecule has 3 N–H and O–H groups in total. The van der Waals surface area contributed by atoms with E-state index in [0.29, 0.717) is 10.0 Å². The molecule has 0 spiro atoms. The number of nitrogen functional groups attached to an aromatic ring is 1. The van der Waals surface area contributed by atoms with Gasteiger partial charge < -0.3 is 20.6 Å². The molecular weight excluding hydrogens is 240 g/mol. The van der Waals surface area contributed by atoms with Crippen molar-refractivity contribution >= 4 is 28.2 Å². The highest BCUT2D eigenvalue weighted by Crippen LogP contribution is 2.27. The van der Waals surface area contributed by atoms with Gasteiger partial charge in [-0.3, -0.25) is 4.79 Å². The zero-order valence-corrected chi connectivity index (χ0v) is 11.3. The molecule has 0 fully saturated rings. The van der Waals surface area contributed by atoms with Gasteiger partial charge in [-0.25, -0.2) is 4.98 Å². The van der Waals surface area contributed by atoms with Gasteiger partial charge in [-0.05, 0) is 6.92 Å². The predicted octanol–water partition coefficient (Wildman–Crippen LogP) is 0.244. The number of aliphatic hydroxyl groups is 1. The summed E-state index contributed by atoms with van der Waals surface area (Å²) in [5.74, 6) is 0.0235. The number of carbonyl (C=O) groups is 1. The Balaban J connectivity index is 2.96. The second kappa shape index (κ2) is 5.33. The van der Waals surface area contributed by atoms with E-state index in [1.807, 2.05) is 14.1 Å². The predicted molar refractivity (Wildman–Crippen MR) is 69.5 cm³/mol. The summed E-state index contributed by atoms with van der Waals surface area (Å²) in [5, 5.41) is 9.71. The minimum atomic E-state index is -0.244. The summed E-state index contributed by atoms with van der Waals surface area (Å²) in [7, 11) is 5.32. The molecule has 0 aliphatic heterocycles. The Bertz CT molecular complexity index is 405. The van der Waals surface area contributed by atoms with E-state index < -0.39 is 0 Å². The van der Waals surface area contributed by atoms with E-state index in [0.717, 1.165) is 0 Å². The van der Waals surface area contributed by atoms with Crippen LogP contribution in [0, 0.1) is 0 Å². The Labute approximate surface area is 105 Å². The molecule has 0 aliphatic carbocycles. The van der Waals surface area contributed by atoms with Gasteiger partial charge >= 0.3 is 0 Å². The number of likely N-dealkylation sites (N-methyl/N-ethyl adjacent to an activating group) is 1. The largest absolute Gasteiger partial charge is 0.394 e. The number of aliphatic hydroxyl groups excluding tert-OH is 1. The van der Waals surface area contributed by atoms with Gasteiger partial charge in [0.15, 0.2) is 5.13 Å². The van der Waals surface area contributed by atoms with Crippen molar-refractivity contribution in [3.8, 4) is 0 Å². The Morgan fingerprint density at radius 1 is 1.53 bits per heavy atom. The normalized spacial score (nSPS) is 12.3. The molecule has 7 heteroatoms. The molecule has 1 rings (SSSR count). The lowest BCUT2D eigenvalue weighted by Gasteiger charge is -2.22. The molecule has 0 saturated carbocycles. The molecular formula is C10H18N4O2S. The fraction of sp³-hybridized carbons (Fsp3) is 0.600. The van der Waals surface area contributed by atoms with Crippen LogP contribution >= 0.6 is 11.3 Å². The van der Waals surface area contributed by atoms with Crippen molar-refractivity contribution in [2.75, 3.05) is 38.4 Å². The van der Waals surface area contributed by atoms with Crippen LogP contribution in [0.15, 0.2) is 0 Å². The van der Waals surface area contributed by atoms with Crippen molar-refractivity contribution in [1.82, 2.24) is 9.88 Å². The fourth-order valence-electron chi connectivity index (χ4n) is 1.15. The van der Waals surface area contributed by atoms with E-state index in [4.69, 9.17) is 10.8 Å². The van der Waals surface area contributed by atoms with Gasteiger partial charge in [0.05, 0.1) is 12.6 Å². The maximum absolute atomic E-state index is 12.1. The molecule has 6 nitrogen and oxygen atoms in total. The number of hydrogen-bond acceptors (Lipinski definition) is 6. The first-order chi connectivity index (χ1) is 7.88. The molecule has 0 aliphatic rings. The monoisotopic (exact) mass is 258 g/mol. The Kier molecular flexibility index (Phi) is 4.30. The second-order valence-corrected chi connectivity index (χ2v) is 5.03. The number of hydrogen-bond donors (Lipinski definition) is 2. The number of nitrogens with zero attached hydrogens (tertiary/aromatic N) is 3. The minimum Gasteiger partial charge on any atom is -0.394 e. The molecule has 0 aromatic carbocycles. The van der Waals surface area contributed by atoms with Crippen LogP contribution in [-0.2, 0) is 0 Å². The zero-order chi connectivity index (χ0) is 13.2. The molecule has 1 aromatic heterocycles. The van der Waals surface area contributed by atoms with E-state index in [1.54, 1.807) is 18.9 Å². The SMILES string of the molecule is CC(CO)N(C)C(=O)c1sc(N(C)C)nc1N. The van der Waals surface area contributed by atoms with Gasteiger partial charge in [0.25, 0.3) is 5.91 Å². The van der Waals surface area contributed by atoms with E-state index in [1.165, 1.54) is 16.2 Å². The number of amides is 1. The topological polar surface area (TPSA) is 82.7 Å². The molecule has 1 atom stereocenters. The number of aromatic nitrogens is 1. The summed E-state index contributed by atoms with van der Waals surface area (Å²) in [6.07, 6.45) is 0. The number of anilines is 2. The van der Waals surface area contributed by atoms with Gasteiger partial charge in [0, 0.05) is 21.1 Å². The third-order valence-electron chi connectivity index (χ3n) is 2.46. The lowest BCUT2D eigenvalue weighted by molar-refractivity contribution is 0.0688. The van der Waals surface area contributed by atoms with Crippen LogP contribution in [0.5, 0.6) is 0 Å². The van der Waals surface area contributed by atoms with Gasteiger partial charge in [-0.15, -0.1) is 0 Å². The van der Waals surface area contributed by atoms with Gasteiger partial charge in [-0.2, -0.15) is 0 Å². The molecule has 1 unspecified atom stereocenters. The van der Waals surface area contributed by atoms with Crippen molar-refractivity contribution in [3.63, 3.8) is 0 Å². The van der Waals surface area contributed by atoms with Crippen molar-refractivity contribution in [2.24, 2.45) is 0 Å². The molecule has 0 radical (unpaired) electrons. The highest BCUT2D eigenvalue weighted by Gasteiger charge is 2.23. The Morgan fingerprint density at radius 2 is 2.12 bits per heavy atom. The summed E-state index contributed by atoms with van der Waals surface area (Å²) in [6, 6.07) is -0.244. The molecule has 1 amide bonds. The number of carbonyl (C=O) groups excluding carboxylic acids is 1. The molecule has 1 heterocycles. The van der Waals surface area contributed by atoms with Gasteiger partial charge in [0.2, 0.25) is 0 Å². The number of rotatable bonds is 4. The van der Waals surface area contributed by atoms with Crippen molar-refractivity contribution in [3.05, 3.63) is 4.88 Å². The van der Waals surface area contributed by atoms with E-state index in [9.17, 15) is 4.79 Å². The number of nitrogens with two attached hydrogens (primary N) is 1. The molecule has 0 bridgehead atoms. The van der Waals surface area contributed by atoms with Gasteiger partial charge in [0.1, 0.15) is 10.7 Å². The third kappa shape index (κ3) is 2.86. The van der Waals surface area contributed by atoms with E-state index in [2.05, 4.69) is 4.98 Å². The first-order valence-electron chi connectivity index (χ1n) is 5.20. The third-order valence-corrected chi connectivity index (χ3v) is 3.69. The average Bonchev–Trinajstić information content (AvgIpc) is 2.68. The van der Waals surface area contributed by atoms with E-state index in [-0.39, 0.29) is 24.4 Å². The highest BCUT2D eigenvalue weighted by molar-refractivity contribution is 7.18. The summed E-state index contributed by atoms with van der Waals surface area (Å²) in [6.45, 7) is 1.68. The van der Waals surface area contributed by atoms with E-state index >= 15 is 0 Å². The van der Waals surface area contributed by atoms with Crippen LogP contribution in [-0.4, -0.2) is 54.7 Å². The maximum Gasteiger partial charge on any atom is 0.267 e. The van der Waals surface area contributed by atoms with Crippen LogP contribution in [0.25, 0.3) is 0 Å². The zero-order valence-electron chi connectivity index (χ0n) is 10.5. The quantitative estimate of drug-likeness (QED) is 0.808. The summed E-state index contributed by atoms with van der Waals surface area (Å²) < 4.78 is 0. The van der Waals surface area contributed by atoms with Crippen LogP contribution in [0.4, 0.5) is 10.9 Å². The molecule has 0 saturated heterocycles. The Morgan fingerprint density at radius 3 is 2.53 bits per heavy atom. The lowest BCUT2D eigenvalue weighted by atomic mass is 10.3. The standard InChI is InChI=1S/C10H18N4O2S/c1-6(5-15)14(4)9(16)7-8(11)12-10(17-7)13(2)3/h6,15H,5,11H2,1-4H3. The fourth-order valence-corrected chi connectivity index (χ4v) is 2.04. The van der Waals surface area contributed by atoms with Gasteiger partial charge in [-0.1, -0.05) is 11.3 Å². The van der Waals surface area contributed by atoms with Crippen LogP contribution in [0.1, 0.15) is 16.6 Å². The Hall–Kier alpha value is -1.34. The lowest BCUT2D eigenvalue weighted by Crippen LogP contribution is -2.37. The van der Waals surface area contributed by atoms with Crippen molar-refractivity contribution in [2.45, 2.75) is 13.0 Å². The van der Waals surface area contributed by atoms with Crippen LogP contribution in [0.3, 0.4) is 0 Å². The average molecular weight is 258 g/mol. The number of thiazole rings is 1. The molecule has 1 aromatic rings.